The Bertz CT molecular complexity index is 437. The summed E-state index contributed by atoms with van der Waals surface area (Å²) in [5, 5.41) is 0. The average molecular weight is 218 g/mol. The monoisotopic (exact) mass is 218 g/mol. The van der Waals surface area contributed by atoms with E-state index in [0.717, 1.165) is 30.9 Å². The highest BCUT2D eigenvalue weighted by Crippen LogP contribution is 2.29. The van der Waals surface area contributed by atoms with Gasteiger partial charge in [-0.2, -0.15) is 0 Å². The van der Waals surface area contributed by atoms with Crippen LogP contribution in [0.2, 0.25) is 0 Å². The summed E-state index contributed by atoms with van der Waals surface area (Å²) in [5.41, 5.74) is 8.91. The third-order valence-electron chi connectivity index (χ3n) is 2.95. The predicted octanol–water partition coefficient (Wildman–Crippen LogP) is 1.37. The van der Waals surface area contributed by atoms with Crippen molar-refractivity contribution in [3.05, 3.63) is 23.3 Å². The maximum atomic E-state index is 5.94. The molecule has 0 radical (unpaired) electrons. The number of anilines is 1. The van der Waals surface area contributed by atoms with Crippen molar-refractivity contribution in [2.45, 2.75) is 19.1 Å². The van der Waals surface area contributed by atoms with Crippen LogP contribution in [0, 0.1) is 0 Å². The van der Waals surface area contributed by atoms with E-state index in [0.29, 0.717) is 12.3 Å². The van der Waals surface area contributed by atoms with E-state index < -0.39 is 0 Å². The first-order valence-corrected chi connectivity index (χ1v) is 5.49. The number of aliphatic imine (C=N–C) groups is 1. The number of nitrogens with zero attached hydrogens (tertiary/aromatic N) is 1. The van der Waals surface area contributed by atoms with Crippen LogP contribution in [0.15, 0.2) is 17.1 Å². The summed E-state index contributed by atoms with van der Waals surface area (Å²) in [6, 6.07) is 3.92. The number of hydrogen-bond acceptors (Lipinski definition) is 4. The van der Waals surface area contributed by atoms with Crippen molar-refractivity contribution in [3.8, 4) is 5.75 Å². The number of fused-ring (bicyclic) bond motifs is 1. The normalized spacial score (nSPS) is 22.4. The molecule has 0 spiro atoms. The van der Waals surface area contributed by atoms with Crippen LogP contribution in [0.1, 0.15) is 17.5 Å². The van der Waals surface area contributed by atoms with Crippen LogP contribution < -0.4 is 10.5 Å². The minimum absolute atomic E-state index is 0.141. The molecule has 4 nitrogen and oxygen atoms in total. The van der Waals surface area contributed by atoms with Gasteiger partial charge in [-0.15, -0.1) is 0 Å². The van der Waals surface area contributed by atoms with E-state index in [9.17, 15) is 0 Å². The molecule has 2 N–H and O–H groups in total. The molecule has 1 fully saturated rings. The van der Waals surface area contributed by atoms with Crippen molar-refractivity contribution in [1.82, 2.24) is 0 Å². The van der Waals surface area contributed by atoms with Crippen LogP contribution in [-0.4, -0.2) is 25.5 Å². The molecular weight excluding hydrogens is 204 g/mol. The second-order valence-corrected chi connectivity index (χ2v) is 4.16. The molecule has 1 atom stereocenters. The molecule has 1 aromatic rings. The first-order valence-electron chi connectivity index (χ1n) is 5.49. The number of nitrogens with two attached hydrogens (primary N) is 1. The Kier molecular flexibility index (Phi) is 2.29. The van der Waals surface area contributed by atoms with Gasteiger partial charge in [0.1, 0.15) is 11.9 Å². The molecule has 0 bridgehead atoms. The van der Waals surface area contributed by atoms with Crippen molar-refractivity contribution in [2.75, 3.05) is 18.9 Å². The van der Waals surface area contributed by atoms with Crippen molar-refractivity contribution in [2.24, 2.45) is 4.99 Å². The minimum atomic E-state index is 0.141. The summed E-state index contributed by atoms with van der Waals surface area (Å²) < 4.78 is 11.1. The Morgan fingerprint density at radius 2 is 2.38 bits per heavy atom. The van der Waals surface area contributed by atoms with Gasteiger partial charge in [0.25, 0.3) is 0 Å². The number of benzene rings is 1. The second kappa shape index (κ2) is 3.79. The summed E-state index contributed by atoms with van der Waals surface area (Å²) in [6.45, 7) is 2.17. The van der Waals surface area contributed by atoms with Gasteiger partial charge in [0.15, 0.2) is 0 Å². The smallest absolute Gasteiger partial charge is 0.143 e. The molecule has 2 aliphatic heterocycles. The quantitative estimate of drug-likeness (QED) is 0.763. The van der Waals surface area contributed by atoms with E-state index in [4.69, 9.17) is 15.2 Å². The maximum Gasteiger partial charge on any atom is 0.143 e. The zero-order valence-corrected chi connectivity index (χ0v) is 8.98. The molecule has 84 valence electrons. The molecule has 3 rings (SSSR count). The van der Waals surface area contributed by atoms with Crippen LogP contribution in [-0.2, 0) is 11.3 Å². The first-order chi connectivity index (χ1) is 7.83. The topological polar surface area (TPSA) is 56.8 Å². The fourth-order valence-corrected chi connectivity index (χ4v) is 2.04. The minimum Gasteiger partial charge on any atom is -0.486 e. The largest absolute Gasteiger partial charge is 0.486 e. The fourth-order valence-electron chi connectivity index (χ4n) is 2.04. The molecule has 2 aliphatic rings. The van der Waals surface area contributed by atoms with Gasteiger partial charge in [-0.25, -0.2) is 0 Å². The number of ether oxygens (including phenoxy) is 2. The molecular formula is C12H14N2O2. The molecule has 1 aromatic carbocycles. The fraction of sp³-hybridized carbons (Fsp3) is 0.417. The molecule has 4 heteroatoms. The van der Waals surface area contributed by atoms with Gasteiger partial charge in [-0.1, -0.05) is 0 Å². The van der Waals surface area contributed by atoms with Crippen LogP contribution in [0.4, 0.5) is 5.69 Å². The molecule has 0 amide bonds. The van der Waals surface area contributed by atoms with Gasteiger partial charge in [-0.05, 0) is 23.3 Å². The lowest BCUT2D eigenvalue weighted by Crippen LogP contribution is -2.16. The summed E-state index contributed by atoms with van der Waals surface area (Å²) >= 11 is 0. The van der Waals surface area contributed by atoms with Gasteiger partial charge in [0.05, 0.1) is 25.4 Å². The third-order valence-corrected chi connectivity index (χ3v) is 2.95. The predicted molar refractivity (Wildman–Crippen MR) is 62.0 cm³/mol. The Labute approximate surface area is 94.1 Å². The van der Waals surface area contributed by atoms with E-state index in [2.05, 4.69) is 4.99 Å². The highest BCUT2D eigenvalue weighted by Gasteiger charge is 2.19. The number of rotatable bonds is 2. The van der Waals surface area contributed by atoms with Crippen molar-refractivity contribution >= 4 is 11.9 Å². The summed E-state index contributed by atoms with van der Waals surface area (Å²) in [4.78, 5) is 4.20. The number of hydrogen-bond donors (Lipinski definition) is 1. The average Bonchev–Trinajstić information content (AvgIpc) is 2.89. The number of nitrogen functional groups attached to an aromatic ring is 1. The lowest BCUT2D eigenvalue weighted by atomic mass is 10.1. The third kappa shape index (κ3) is 1.65. The second-order valence-electron chi connectivity index (χ2n) is 4.16. The van der Waals surface area contributed by atoms with Crippen LogP contribution in [0.5, 0.6) is 5.75 Å². The Hall–Kier alpha value is -1.55. The molecule has 0 unspecified atom stereocenters. The Morgan fingerprint density at radius 3 is 3.19 bits per heavy atom. The van der Waals surface area contributed by atoms with Crippen LogP contribution in [0.3, 0.4) is 0 Å². The summed E-state index contributed by atoms with van der Waals surface area (Å²) in [6.07, 6.45) is 2.93. The van der Waals surface area contributed by atoms with E-state index >= 15 is 0 Å². The van der Waals surface area contributed by atoms with E-state index in [1.807, 2.05) is 18.3 Å². The van der Waals surface area contributed by atoms with E-state index in [1.165, 1.54) is 5.56 Å². The molecule has 0 saturated carbocycles. The van der Waals surface area contributed by atoms with Gasteiger partial charge in [0.2, 0.25) is 0 Å². The Morgan fingerprint density at radius 1 is 1.44 bits per heavy atom. The van der Waals surface area contributed by atoms with Crippen molar-refractivity contribution in [3.63, 3.8) is 0 Å². The Balaban J connectivity index is 1.84. The highest BCUT2D eigenvalue weighted by atomic mass is 16.5. The molecule has 0 aromatic heterocycles. The zero-order chi connectivity index (χ0) is 11.0. The lowest BCUT2D eigenvalue weighted by Gasteiger charge is -2.14. The zero-order valence-electron chi connectivity index (χ0n) is 8.98. The lowest BCUT2D eigenvalue weighted by molar-refractivity contribution is 0.142. The molecule has 1 saturated heterocycles. The van der Waals surface area contributed by atoms with Crippen LogP contribution in [0.25, 0.3) is 0 Å². The standard InChI is InChI=1S/C12H14N2O2/c13-11-3-8-5-14-6-9(8)4-12(11)16-10-1-2-15-7-10/h3-5,10H,1-2,6-7,13H2/t10-/m0/s1. The van der Waals surface area contributed by atoms with Crippen molar-refractivity contribution < 1.29 is 9.47 Å². The van der Waals surface area contributed by atoms with Crippen LogP contribution >= 0.6 is 0 Å². The SMILES string of the molecule is Nc1cc2c(cc1O[C@H]1CCOC1)CN=C2. The van der Waals surface area contributed by atoms with Gasteiger partial charge < -0.3 is 15.2 Å². The van der Waals surface area contributed by atoms with Gasteiger partial charge >= 0.3 is 0 Å². The highest BCUT2D eigenvalue weighted by molar-refractivity contribution is 5.86. The molecule has 0 aliphatic carbocycles. The van der Waals surface area contributed by atoms with E-state index in [1.54, 1.807) is 0 Å². The van der Waals surface area contributed by atoms with Crippen molar-refractivity contribution in [1.29, 1.82) is 0 Å². The maximum absolute atomic E-state index is 5.94. The van der Waals surface area contributed by atoms with E-state index in [-0.39, 0.29) is 6.10 Å². The summed E-state index contributed by atoms with van der Waals surface area (Å²) in [7, 11) is 0. The molecule has 16 heavy (non-hydrogen) atoms. The van der Waals surface area contributed by atoms with Gasteiger partial charge in [-0.3, -0.25) is 4.99 Å². The summed E-state index contributed by atoms with van der Waals surface area (Å²) in [5.74, 6) is 0.764. The first kappa shape index (κ1) is 9.66. The molecule has 2 heterocycles. The van der Waals surface area contributed by atoms with Gasteiger partial charge in [0, 0.05) is 12.6 Å².